The first-order valence-corrected chi connectivity index (χ1v) is 3.51. The molecule has 0 amide bonds. The van der Waals surface area contributed by atoms with E-state index < -0.39 is 13.4 Å². The maximum absolute atomic E-state index is 11.7. The van der Waals surface area contributed by atoms with Gasteiger partial charge in [-0.3, -0.25) is 0 Å². The third-order valence-corrected chi connectivity index (χ3v) is 1.66. The Bertz CT molecular complexity index is 113. The van der Waals surface area contributed by atoms with Gasteiger partial charge in [-0.05, 0) is 32.4 Å². The molecular formula is C5H10BF3KN. The summed E-state index contributed by atoms with van der Waals surface area (Å²) >= 11 is 0. The van der Waals surface area contributed by atoms with Crippen molar-refractivity contribution in [2.45, 2.75) is 12.8 Å². The van der Waals surface area contributed by atoms with Crippen LogP contribution in [0.1, 0.15) is 12.8 Å². The summed E-state index contributed by atoms with van der Waals surface area (Å²) in [5, 5.41) is 0. The molecule has 11 heavy (non-hydrogen) atoms. The Hall–Kier alpha value is 1.45. The Kier molecular flexibility index (Phi) is 5.93. The molecule has 1 aliphatic rings. The molecule has 0 saturated carbocycles. The van der Waals surface area contributed by atoms with E-state index in [2.05, 4.69) is 0 Å². The number of halogens is 3. The zero-order chi connectivity index (χ0) is 7.61. The maximum atomic E-state index is 11.7. The fourth-order valence-electron chi connectivity index (χ4n) is 1.26. The summed E-state index contributed by atoms with van der Waals surface area (Å²) < 4.78 is 35.2. The van der Waals surface area contributed by atoms with Crippen LogP contribution in [0.3, 0.4) is 0 Å². The molecule has 0 unspecified atom stereocenters. The second-order valence-corrected chi connectivity index (χ2v) is 2.72. The Balaban J connectivity index is 0.000001000. The molecule has 6 heteroatoms. The Labute approximate surface area is 107 Å². The van der Waals surface area contributed by atoms with Gasteiger partial charge >= 0.3 is 58.4 Å². The summed E-state index contributed by atoms with van der Waals surface area (Å²) in [6, 6.07) is 0. The van der Waals surface area contributed by atoms with Crippen LogP contribution >= 0.6 is 0 Å². The van der Waals surface area contributed by atoms with E-state index in [1.807, 2.05) is 0 Å². The predicted octanol–water partition coefficient (Wildman–Crippen LogP) is -1.53. The van der Waals surface area contributed by atoms with Crippen LogP contribution in [0.5, 0.6) is 0 Å². The van der Waals surface area contributed by atoms with Gasteiger partial charge in [0, 0.05) is 0 Å². The van der Waals surface area contributed by atoms with E-state index in [4.69, 9.17) is 0 Å². The normalized spacial score (nSPS) is 19.9. The van der Waals surface area contributed by atoms with E-state index in [1.54, 1.807) is 0 Å². The molecule has 1 saturated heterocycles. The van der Waals surface area contributed by atoms with Gasteiger partial charge in [-0.2, -0.15) is 0 Å². The van der Waals surface area contributed by atoms with Crippen molar-refractivity contribution in [3.8, 4) is 0 Å². The van der Waals surface area contributed by atoms with Crippen molar-refractivity contribution in [1.82, 2.24) is 4.90 Å². The second-order valence-electron chi connectivity index (χ2n) is 2.72. The molecule has 0 aliphatic carbocycles. The van der Waals surface area contributed by atoms with Crippen LogP contribution in [-0.4, -0.2) is 31.4 Å². The van der Waals surface area contributed by atoms with Gasteiger partial charge in [0.25, 0.3) is 0 Å². The van der Waals surface area contributed by atoms with Crippen LogP contribution < -0.4 is 51.4 Å². The number of likely N-dealkylation sites (tertiary alicyclic amines) is 1. The molecular weight excluding hydrogens is 181 g/mol. The molecule has 0 spiro atoms. The van der Waals surface area contributed by atoms with Gasteiger partial charge in [0.05, 0.1) is 0 Å². The molecule has 0 aromatic heterocycles. The van der Waals surface area contributed by atoms with Gasteiger partial charge in [-0.15, -0.1) is 0 Å². The first kappa shape index (κ1) is 12.5. The number of rotatable bonds is 2. The molecule has 1 aliphatic heterocycles. The van der Waals surface area contributed by atoms with E-state index in [9.17, 15) is 12.9 Å². The average Bonchev–Trinajstić information content (AvgIpc) is 2.12. The van der Waals surface area contributed by atoms with Crippen molar-refractivity contribution in [3.63, 3.8) is 0 Å². The SMILES string of the molecule is F[B-](F)(F)CN1CCCC1.[K+]. The van der Waals surface area contributed by atoms with Gasteiger partial charge < -0.3 is 17.8 Å². The molecule has 1 heterocycles. The number of nitrogens with zero attached hydrogens (tertiary/aromatic N) is 1. The van der Waals surface area contributed by atoms with E-state index >= 15 is 0 Å². The van der Waals surface area contributed by atoms with Crippen LogP contribution in [0.4, 0.5) is 12.9 Å². The Morgan fingerprint density at radius 2 is 1.55 bits per heavy atom. The van der Waals surface area contributed by atoms with Gasteiger partial charge in [0.2, 0.25) is 0 Å². The third-order valence-electron chi connectivity index (χ3n) is 1.66. The number of hydrogen-bond donors (Lipinski definition) is 0. The minimum Gasteiger partial charge on any atom is -0.448 e. The van der Waals surface area contributed by atoms with Crippen molar-refractivity contribution >= 4 is 6.98 Å². The molecule has 1 rings (SSSR count). The minimum atomic E-state index is -4.59. The van der Waals surface area contributed by atoms with Crippen molar-refractivity contribution in [2.75, 3.05) is 19.5 Å². The second kappa shape index (κ2) is 5.24. The molecule has 0 N–H and O–H groups in total. The predicted molar refractivity (Wildman–Crippen MR) is 34.8 cm³/mol. The molecule has 0 radical (unpaired) electrons. The first-order valence-electron chi connectivity index (χ1n) is 3.51. The van der Waals surface area contributed by atoms with Crippen molar-refractivity contribution in [3.05, 3.63) is 0 Å². The van der Waals surface area contributed by atoms with Crippen molar-refractivity contribution in [2.24, 2.45) is 0 Å². The maximum Gasteiger partial charge on any atom is 1.00 e. The summed E-state index contributed by atoms with van der Waals surface area (Å²) in [4.78, 5) is 1.47. The zero-order valence-electron chi connectivity index (χ0n) is 6.69. The molecule has 60 valence electrons. The molecule has 1 fully saturated rings. The summed E-state index contributed by atoms with van der Waals surface area (Å²) in [5.74, 6) is 0. The fourth-order valence-corrected chi connectivity index (χ4v) is 1.26. The topological polar surface area (TPSA) is 3.24 Å². The van der Waals surface area contributed by atoms with Crippen molar-refractivity contribution in [1.29, 1.82) is 0 Å². The van der Waals surface area contributed by atoms with E-state index in [-0.39, 0.29) is 51.4 Å². The molecule has 1 nitrogen and oxygen atoms in total. The van der Waals surface area contributed by atoms with Gasteiger partial charge in [0.15, 0.2) is 0 Å². The Morgan fingerprint density at radius 3 is 1.91 bits per heavy atom. The summed E-state index contributed by atoms with van der Waals surface area (Å²) in [5.41, 5.74) is 0. The standard InChI is InChI=1S/C5H10BF3N.K/c7-6(8,9)5-10-3-1-2-4-10;/h1-5H2;/q-1;+1. The summed E-state index contributed by atoms with van der Waals surface area (Å²) in [6.45, 7) is -3.34. The van der Waals surface area contributed by atoms with Crippen LogP contribution in [0.15, 0.2) is 0 Å². The number of hydrogen-bond acceptors (Lipinski definition) is 1. The zero-order valence-corrected chi connectivity index (χ0v) is 9.82. The van der Waals surface area contributed by atoms with Gasteiger partial charge in [-0.25, -0.2) is 0 Å². The average molecular weight is 191 g/mol. The largest absolute Gasteiger partial charge is 1.00 e. The monoisotopic (exact) mass is 191 g/mol. The third kappa shape index (κ3) is 5.65. The van der Waals surface area contributed by atoms with Crippen LogP contribution in [-0.2, 0) is 0 Å². The first-order chi connectivity index (χ1) is 4.58. The molecule has 0 aromatic rings. The molecule has 0 atom stereocenters. The van der Waals surface area contributed by atoms with E-state index in [1.165, 1.54) is 4.90 Å². The molecule has 0 aromatic carbocycles. The van der Waals surface area contributed by atoms with E-state index in [0.29, 0.717) is 13.1 Å². The van der Waals surface area contributed by atoms with Crippen LogP contribution in [0.2, 0.25) is 0 Å². The van der Waals surface area contributed by atoms with Crippen LogP contribution in [0, 0.1) is 0 Å². The fraction of sp³-hybridized carbons (Fsp3) is 1.00. The summed E-state index contributed by atoms with van der Waals surface area (Å²) in [7, 11) is 0. The molecule has 0 bridgehead atoms. The minimum absolute atomic E-state index is 0. The smallest absolute Gasteiger partial charge is 0.448 e. The summed E-state index contributed by atoms with van der Waals surface area (Å²) in [6.07, 6.45) is 1.18. The van der Waals surface area contributed by atoms with Gasteiger partial charge in [0.1, 0.15) is 0 Å². The van der Waals surface area contributed by atoms with Crippen LogP contribution in [0.25, 0.3) is 0 Å². The van der Waals surface area contributed by atoms with Gasteiger partial charge in [-0.1, -0.05) is 0 Å². The van der Waals surface area contributed by atoms with E-state index in [0.717, 1.165) is 12.8 Å². The Morgan fingerprint density at radius 1 is 1.09 bits per heavy atom. The quantitative estimate of drug-likeness (QED) is 0.479. The van der Waals surface area contributed by atoms with Crippen molar-refractivity contribution < 1.29 is 64.3 Å².